The second-order valence-electron chi connectivity index (χ2n) is 3.50. The molecule has 2 rings (SSSR count). The normalized spacial score (nSPS) is 12.6. The van der Waals surface area contributed by atoms with Crippen LogP contribution in [-0.4, -0.2) is 15.3 Å². The number of nitrogens with zero attached hydrogens (tertiary/aromatic N) is 2. The molecule has 0 aliphatic rings. The Morgan fingerprint density at radius 3 is 2.76 bits per heavy atom. The molecular weight excluding hydrogens is 244 g/mol. The number of nitrogens with one attached hydrogen (secondary N) is 1. The van der Waals surface area contributed by atoms with Crippen LogP contribution in [0.5, 0.6) is 0 Å². The maximum atomic E-state index is 13.2. The van der Waals surface area contributed by atoms with E-state index in [-0.39, 0.29) is 6.04 Å². The van der Waals surface area contributed by atoms with Crippen LogP contribution in [0.25, 0.3) is 0 Å². The van der Waals surface area contributed by atoms with Crippen molar-refractivity contribution in [2.75, 3.05) is 6.54 Å². The summed E-state index contributed by atoms with van der Waals surface area (Å²) in [5.41, 5.74) is 1.35. The van der Waals surface area contributed by atoms with Crippen molar-refractivity contribution in [2.24, 2.45) is 0 Å². The molecule has 1 atom stereocenters. The van der Waals surface area contributed by atoms with Crippen molar-refractivity contribution in [3.63, 3.8) is 0 Å². The van der Waals surface area contributed by atoms with Crippen molar-refractivity contribution < 1.29 is 8.78 Å². The van der Waals surface area contributed by atoms with Crippen LogP contribution in [-0.2, 0) is 0 Å². The summed E-state index contributed by atoms with van der Waals surface area (Å²) in [6.07, 6.45) is 1.62. The van der Waals surface area contributed by atoms with Gasteiger partial charge in [-0.05, 0) is 24.2 Å². The van der Waals surface area contributed by atoms with Crippen molar-refractivity contribution in [3.8, 4) is 0 Å². The topological polar surface area (TPSA) is 37.8 Å². The van der Waals surface area contributed by atoms with Crippen molar-refractivity contribution in [1.29, 1.82) is 0 Å². The average Bonchev–Trinajstić information content (AvgIpc) is 2.83. The van der Waals surface area contributed by atoms with Gasteiger partial charge in [0.1, 0.15) is 0 Å². The highest BCUT2D eigenvalue weighted by Crippen LogP contribution is 2.22. The van der Waals surface area contributed by atoms with Gasteiger partial charge in [-0.15, -0.1) is 0 Å². The van der Waals surface area contributed by atoms with Gasteiger partial charge in [0.15, 0.2) is 11.6 Å². The average molecular weight is 255 g/mol. The lowest BCUT2D eigenvalue weighted by atomic mass is 10.0. The van der Waals surface area contributed by atoms with Crippen LogP contribution in [0.2, 0.25) is 0 Å². The first-order valence-electron chi connectivity index (χ1n) is 5.18. The molecule has 0 aliphatic carbocycles. The van der Waals surface area contributed by atoms with E-state index < -0.39 is 11.6 Å². The molecule has 0 aliphatic heterocycles. The largest absolute Gasteiger partial charge is 0.305 e. The maximum Gasteiger partial charge on any atom is 0.159 e. The Morgan fingerprint density at radius 1 is 1.35 bits per heavy atom. The van der Waals surface area contributed by atoms with E-state index >= 15 is 0 Å². The van der Waals surface area contributed by atoms with Gasteiger partial charge in [-0.2, -0.15) is 8.75 Å². The van der Waals surface area contributed by atoms with E-state index in [4.69, 9.17) is 0 Å². The number of halogens is 2. The van der Waals surface area contributed by atoms with E-state index in [1.54, 1.807) is 12.3 Å². The molecule has 0 amide bonds. The lowest BCUT2D eigenvalue weighted by molar-refractivity contribution is 0.503. The molecular formula is C11H11F2N3S. The molecule has 1 aromatic heterocycles. The van der Waals surface area contributed by atoms with Crippen LogP contribution in [0.15, 0.2) is 24.4 Å². The second-order valence-corrected chi connectivity index (χ2v) is 4.05. The van der Waals surface area contributed by atoms with Gasteiger partial charge in [-0.1, -0.05) is 13.0 Å². The van der Waals surface area contributed by atoms with Crippen LogP contribution in [0, 0.1) is 11.6 Å². The van der Waals surface area contributed by atoms with Gasteiger partial charge in [-0.25, -0.2) is 8.78 Å². The van der Waals surface area contributed by atoms with Crippen molar-refractivity contribution in [2.45, 2.75) is 13.0 Å². The lowest BCUT2D eigenvalue weighted by Crippen LogP contribution is -2.22. The zero-order valence-corrected chi connectivity index (χ0v) is 9.97. The SMILES string of the molecule is CCNC(c1ccc(F)c(F)c1)c1cnsn1. The first-order valence-corrected chi connectivity index (χ1v) is 5.91. The highest BCUT2D eigenvalue weighted by atomic mass is 32.1. The summed E-state index contributed by atoms with van der Waals surface area (Å²) in [5.74, 6) is -1.70. The Kier molecular flexibility index (Phi) is 3.75. The van der Waals surface area contributed by atoms with E-state index in [0.29, 0.717) is 17.8 Å². The minimum atomic E-state index is -0.853. The molecule has 2 aromatic rings. The summed E-state index contributed by atoms with van der Waals surface area (Å²) < 4.78 is 34.1. The number of hydrogen-bond acceptors (Lipinski definition) is 4. The molecule has 0 radical (unpaired) electrons. The Balaban J connectivity index is 2.35. The molecule has 1 heterocycles. The highest BCUT2D eigenvalue weighted by molar-refractivity contribution is 6.99. The summed E-state index contributed by atoms with van der Waals surface area (Å²) in [6.45, 7) is 2.63. The van der Waals surface area contributed by atoms with Gasteiger partial charge in [0.2, 0.25) is 0 Å². The lowest BCUT2D eigenvalue weighted by Gasteiger charge is -2.15. The molecule has 0 saturated heterocycles. The summed E-state index contributed by atoms with van der Waals surface area (Å²) in [6, 6.07) is 3.59. The first-order chi connectivity index (χ1) is 8.22. The zero-order chi connectivity index (χ0) is 12.3. The summed E-state index contributed by atoms with van der Waals surface area (Å²) in [4.78, 5) is 0. The smallest absolute Gasteiger partial charge is 0.159 e. The van der Waals surface area contributed by atoms with Gasteiger partial charge < -0.3 is 5.32 Å². The summed E-state index contributed by atoms with van der Waals surface area (Å²) >= 11 is 1.09. The van der Waals surface area contributed by atoms with Gasteiger partial charge in [0.25, 0.3) is 0 Å². The van der Waals surface area contributed by atoms with Gasteiger partial charge in [0.05, 0.1) is 29.7 Å². The molecule has 0 saturated carbocycles. The number of aromatic nitrogens is 2. The second kappa shape index (κ2) is 5.29. The molecule has 0 fully saturated rings. The molecule has 1 unspecified atom stereocenters. The maximum absolute atomic E-state index is 13.2. The zero-order valence-electron chi connectivity index (χ0n) is 9.15. The molecule has 90 valence electrons. The minimum Gasteiger partial charge on any atom is -0.305 e. The molecule has 0 bridgehead atoms. The fourth-order valence-corrected chi connectivity index (χ4v) is 2.04. The van der Waals surface area contributed by atoms with Gasteiger partial charge in [-0.3, -0.25) is 0 Å². The third-order valence-corrected chi connectivity index (χ3v) is 2.85. The Morgan fingerprint density at radius 2 is 2.18 bits per heavy atom. The Bertz CT molecular complexity index is 487. The molecule has 6 heteroatoms. The van der Waals surface area contributed by atoms with Crippen LogP contribution >= 0.6 is 11.7 Å². The fraction of sp³-hybridized carbons (Fsp3) is 0.273. The third kappa shape index (κ3) is 2.65. The van der Waals surface area contributed by atoms with E-state index in [1.807, 2.05) is 6.92 Å². The van der Waals surface area contributed by atoms with Crippen LogP contribution in [0.4, 0.5) is 8.78 Å². The molecule has 0 spiro atoms. The number of benzene rings is 1. The molecule has 17 heavy (non-hydrogen) atoms. The summed E-state index contributed by atoms with van der Waals surface area (Å²) in [5, 5.41) is 3.16. The monoisotopic (exact) mass is 255 g/mol. The Hall–Kier alpha value is -1.40. The third-order valence-electron chi connectivity index (χ3n) is 2.36. The van der Waals surface area contributed by atoms with Crippen LogP contribution in [0.3, 0.4) is 0 Å². The minimum absolute atomic E-state index is 0.256. The van der Waals surface area contributed by atoms with Crippen molar-refractivity contribution in [3.05, 3.63) is 47.3 Å². The van der Waals surface area contributed by atoms with E-state index in [9.17, 15) is 8.78 Å². The van der Waals surface area contributed by atoms with Crippen LogP contribution < -0.4 is 5.32 Å². The summed E-state index contributed by atoms with van der Waals surface area (Å²) in [7, 11) is 0. The van der Waals surface area contributed by atoms with Crippen LogP contribution in [0.1, 0.15) is 24.2 Å². The van der Waals surface area contributed by atoms with E-state index in [2.05, 4.69) is 14.1 Å². The molecule has 1 N–H and O–H groups in total. The van der Waals surface area contributed by atoms with E-state index in [0.717, 1.165) is 17.8 Å². The standard InChI is InChI=1S/C11H11F2N3S/c1-2-14-11(10-6-15-17-16-10)7-3-4-8(12)9(13)5-7/h3-6,11,14H,2H2,1H3. The van der Waals surface area contributed by atoms with Crippen molar-refractivity contribution in [1.82, 2.24) is 14.1 Å². The predicted octanol–water partition coefficient (Wildman–Crippen LogP) is 2.52. The quantitative estimate of drug-likeness (QED) is 0.912. The van der Waals surface area contributed by atoms with Gasteiger partial charge >= 0.3 is 0 Å². The highest BCUT2D eigenvalue weighted by Gasteiger charge is 2.17. The number of hydrogen-bond donors (Lipinski definition) is 1. The fourth-order valence-electron chi connectivity index (χ4n) is 1.59. The van der Waals surface area contributed by atoms with Crippen molar-refractivity contribution >= 4 is 11.7 Å². The number of rotatable bonds is 4. The molecule has 1 aromatic carbocycles. The van der Waals surface area contributed by atoms with E-state index in [1.165, 1.54) is 6.07 Å². The predicted molar refractivity (Wildman–Crippen MR) is 61.8 cm³/mol. The molecule has 3 nitrogen and oxygen atoms in total. The van der Waals surface area contributed by atoms with Gasteiger partial charge in [0, 0.05) is 0 Å². The first kappa shape index (κ1) is 12.1. The Labute approximate surface area is 102 Å².